The Kier molecular flexibility index (Phi) is 5.41. The van der Waals surface area contributed by atoms with E-state index in [0.717, 1.165) is 19.3 Å². The van der Waals surface area contributed by atoms with Gasteiger partial charge in [0.25, 0.3) is 0 Å². The van der Waals surface area contributed by atoms with E-state index in [-0.39, 0.29) is 17.9 Å². The Bertz CT molecular complexity index is 270. The van der Waals surface area contributed by atoms with Gasteiger partial charge in [-0.2, -0.15) is 0 Å². The van der Waals surface area contributed by atoms with E-state index < -0.39 is 10.8 Å². The Balaban J connectivity index is 2.30. The van der Waals surface area contributed by atoms with Crippen LogP contribution < -0.4 is 0 Å². The Labute approximate surface area is 99.5 Å². The van der Waals surface area contributed by atoms with E-state index in [2.05, 4.69) is 0 Å². The first-order valence-electron chi connectivity index (χ1n) is 5.72. The van der Waals surface area contributed by atoms with Crippen molar-refractivity contribution in [3.63, 3.8) is 0 Å². The fraction of sp³-hybridized carbons (Fsp3) is 0.909. The second kappa shape index (κ2) is 6.35. The van der Waals surface area contributed by atoms with Crippen molar-refractivity contribution in [2.75, 3.05) is 25.6 Å². The van der Waals surface area contributed by atoms with Crippen LogP contribution in [0.25, 0.3) is 0 Å². The molecule has 1 fully saturated rings. The number of carbonyl (C=O) groups excluding carboxylic acids is 1. The maximum absolute atomic E-state index is 11.7. The second-order valence-corrected chi connectivity index (χ2v) is 6.11. The molecule has 1 saturated carbocycles. The summed E-state index contributed by atoms with van der Waals surface area (Å²) in [4.78, 5) is 13.3. The summed E-state index contributed by atoms with van der Waals surface area (Å²) in [5, 5.41) is 9.65. The summed E-state index contributed by atoms with van der Waals surface area (Å²) in [6.07, 6.45) is 4.59. The molecule has 1 rings (SSSR count). The summed E-state index contributed by atoms with van der Waals surface area (Å²) < 4.78 is 10.9. The molecule has 0 radical (unpaired) electrons. The molecule has 1 aliphatic carbocycles. The van der Waals surface area contributed by atoms with Crippen LogP contribution >= 0.6 is 0 Å². The molecule has 0 spiro atoms. The fourth-order valence-electron chi connectivity index (χ4n) is 2.11. The maximum Gasteiger partial charge on any atom is 0.223 e. The predicted octanol–water partition coefficient (Wildman–Crippen LogP) is 0.374. The first-order valence-corrected chi connectivity index (χ1v) is 7.45. The molecule has 0 aromatic carbocycles. The highest BCUT2D eigenvalue weighted by Crippen LogP contribution is 2.26. The van der Waals surface area contributed by atoms with Crippen molar-refractivity contribution < 1.29 is 14.1 Å². The summed E-state index contributed by atoms with van der Waals surface area (Å²) in [5.74, 6) is 0.673. The van der Waals surface area contributed by atoms with Crippen LogP contribution in [0.4, 0.5) is 0 Å². The third kappa shape index (κ3) is 4.22. The molecule has 0 heterocycles. The van der Waals surface area contributed by atoms with Gasteiger partial charge in [0.15, 0.2) is 0 Å². The minimum absolute atomic E-state index is 0.0225. The zero-order valence-electron chi connectivity index (χ0n) is 10.0. The molecule has 0 saturated heterocycles. The van der Waals surface area contributed by atoms with E-state index in [1.807, 2.05) is 0 Å². The van der Waals surface area contributed by atoms with Crippen LogP contribution in [0, 0.1) is 5.92 Å². The van der Waals surface area contributed by atoms with E-state index in [1.165, 1.54) is 0 Å². The molecule has 5 heteroatoms. The van der Waals surface area contributed by atoms with Gasteiger partial charge < -0.3 is 10.0 Å². The molecule has 3 unspecified atom stereocenters. The highest BCUT2D eigenvalue weighted by Gasteiger charge is 2.27. The van der Waals surface area contributed by atoms with E-state index in [0.29, 0.717) is 18.7 Å². The van der Waals surface area contributed by atoms with Gasteiger partial charge in [-0.05, 0) is 12.8 Å². The van der Waals surface area contributed by atoms with Gasteiger partial charge in [0.05, 0.1) is 6.10 Å². The largest absolute Gasteiger partial charge is 0.393 e. The van der Waals surface area contributed by atoms with Gasteiger partial charge in [0.1, 0.15) is 0 Å². The van der Waals surface area contributed by atoms with Crippen molar-refractivity contribution in [3.05, 3.63) is 0 Å². The Morgan fingerprint density at radius 2 is 2.19 bits per heavy atom. The van der Waals surface area contributed by atoms with Gasteiger partial charge in [0.2, 0.25) is 5.91 Å². The minimum atomic E-state index is -0.910. The molecule has 1 aliphatic rings. The molecule has 1 amide bonds. The average molecular weight is 247 g/mol. The van der Waals surface area contributed by atoms with Gasteiger partial charge in [0, 0.05) is 48.7 Å². The standard InChI is InChI=1S/C11H21NO3S/c1-12(11(14)6-7-16(2)15)8-9-4-3-5-10(9)13/h9-10,13H,3-8H2,1-2H3. The van der Waals surface area contributed by atoms with Gasteiger partial charge in [-0.1, -0.05) is 6.42 Å². The third-order valence-electron chi connectivity index (χ3n) is 3.16. The number of hydrogen-bond acceptors (Lipinski definition) is 3. The molecule has 4 nitrogen and oxygen atoms in total. The number of rotatable bonds is 5. The molecule has 0 aliphatic heterocycles. The second-order valence-electron chi connectivity index (χ2n) is 4.56. The smallest absolute Gasteiger partial charge is 0.223 e. The Morgan fingerprint density at radius 1 is 1.50 bits per heavy atom. The lowest BCUT2D eigenvalue weighted by Crippen LogP contribution is -2.35. The van der Waals surface area contributed by atoms with Crippen LogP contribution in [0.1, 0.15) is 25.7 Å². The lowest BCUT2D eigenvalue weighted by Gasteiger charge is -2.23. The van der Waals surface area contributed by atoms with Crippen LogP contribution in [0.3, 0.4) is 0 Å². The van der Waals surface area contributed by atoms with E-state index in [1.54, 1.807) is 18.2 Å². The first kappa shape index (κ1) is 13.6. The third-order valence-corrected chi connectivity index (χ3v) is 3.94. The SMILES string of the molecule is CN(CC1CCCC1O)C(=O)CCS(C)=O. The van der Waals surface area contributed by atoms with E-state index in [4.69, 9.17) is 0 Å². The van der Waals surface area contributed by atoms with Crippen LogP contribution in [0.2, 0.25) is 0 Å². The van der Waals surface area contributed by atoms with Crippen molar-refractivity contribution in [2.45, 2.75) is 31.8 Å². The fourth-order valence-corrected chi connectivity index (χ4v) is 2.57. The summed E-state index contributed by atoms with van der Waals surface area (Å²) in [5.41, 5.74) is 0. The van der Waals surface area contributed by atoms with Gasteiger partial charge >= 0.3 is 0 Å². The predicted molar refractivity (Wildman–Crippen MR) is 64.5 cm³/mol. The lowest BCUT2D eigenvalue weighted by molar-refractivity contribution is -0.130. The molecule has 0 aromatic rings. The average Bonchev–Trinajstić information content (AvgIpc) is 2.60. The van der Waals surface area contributed by atoms with Crippen LogP contribution in [-0.2, 0) is 15.6 Å². The van der Waals surface area contributed by atoms with Gasteiger partial charge in [-0.25, -0.2) is 0 Å². The Morgan fingerprint density at radius 3 is 2.69 bits per heavy atom. The molecule has 0 bridgehead atoms. The molecule has 94 valence electrons. The van der Waals surface area contributed by atoms with Crippen molar-refractivity contribution >= 4 is 16.7 Å². The van der Waals surface area contributed by atoms with Crippen LogP contribution in [0.15, 0.2) is 0 Å². The highest BCUT2D eigenvalue weighted by molar-refractivity contribution is 7.84. The van der Waals surface area contributed by atoms with Crippen molar-refractivity contribution in [3.8, 4) is 0 Å². The van der Waals surface area contributed by atoms with Gasteiger partial charge in [-0.15, -0.1) is 0 Å². The number of carbonyl (C=O) groups is 1. The molecule has 1 N–H and O–H groups in total. The van der Waals surface area contributed by atoms with Crippen molar-refractivity contribution in [1.29, 1.82) is 0 Å². The summed E-state index contributed by atoms with van der Waals surface area (Å²) in [7, 11) is 0.845. The van der Waals surface area contributed by atoms with Crippen LogP contribution in [-0.4, -0.2) is 51.8 Å². The molecule has 0 aromatic heterocycles. The van der Waals surface area contributed by atoms with Crippen molar-refractivity contribution in [2.24, 2.45) is 5.92 Å². The quantitative estimate of drug-likeness (QED) is 0.764. The first-order chi connectivity index (χ1) is 7.50. The zero-order valence-corrected chi connectivity index (χ0v) is 10.8. The Hall–Kier alpha value is -0.420. The lowest BCUT2D eigenvalue weighted by atomic mass is 10.1. The molecule has 16 heavy (non-hydrogen) atoms. The topological polar surface area (TPSA) is 57.6 Å². The van der Waals surface area contributed by atoms with Crippen LogP contribution in [0.5, 0.6) is 0 Å². The maximum atomic E-state index is 11.7. The number of aliphatic hydroxyl groups excluding tert-OH is 1. The summed E-state index contributed by atoms with van der Waals surface area (Å²) >= 11 is 0. The van der Waals surface area contributed by atoms with Crippen molar-refractivity contribution in [1.82, 2.24) is 4.90 Å². The number of amides is 1. The zero-order chi connectivity index (χ0) is 12.1. The minimum Gasteiger partial charge on any atom is -0.393 e. The summed E-state index contributed by atoms with van der Waals surface area (Å²) in [6.45, 7) is 0.621. The molecular formula is C11H21NO3S. The molecular weight excluding hydrogens is 226 g/mol. The number of nitrogens with zero attached hydrogens (tertiary/aromatic N) is 1. The number of hydrogen-bond donors (Lipinski definition) is 1. The monoisotopic (exact) mass is 247 g/mol. The van der Waals surface area contributed by atoms with Gasteiger partial charge in [-0.3, -0.25) is 9.00 Å². The van der Waals surface area contributed by atoms with E-state index in [9.17, 15) is 14.1 Å². The highest BCUT2D eigenvalue weighted by atomic mass is 32.2. The summed E-state index contributed by atoms with van der Waals surface area (Å²) in [6, 6.07) is 0. The van der Waals surface area contributed by atoms with E-state index >= 15 is 0 Å². The molecule has 3 atom stereocenters. The normalized spacial score (nSPS) is 26.7. The number of aliphatic hydroxyl groups is 1.